The van der Waals surface area contributed by atoms with Crippen molar-refractivity contribution in [2.24, 2.45) is 0 Å². The Bertz CT molecular complexity index is 6730. The van der Waals surface area contributed by atoms with E-state index in [1.165, 1.54) is 79.1 Å². The van der Waals surface area contributed by atoms with E-state index in [0.717, 1.165) is 22.0 Å². The highest BCUT2D eigenvalue weighted by Crippen LogP contribution is 2.52. The molecule has 3 saturated carbocycles. The first kappa shape index (κ1) is 83.0. The Kier molecular flexibility index (Phi) is 23.8. The van der Waals surface area contributed by atoms with Crippen LogP contribution in [0.4, 0.5) is 28.9 Å². The third kappa shape index (κ3) is 15.9. The molecule has 5 N–H and O–H groups in total. The van der Waals surface area contributed by atoms with E-state index >= 15 is 13.2 Å². The van der Waals surface area contributed by atoms with Gasteiger partial charge in [0.1, 0.15) is 33.1 Å². The number of anilines is 2. The van der Waals surface area contributed by atoms with Crippen LogP contribution >= 0.6 is 155 Å². The molecule has 0 spiro atoms. The van der Waals surface area contributed by atoms with E-state index in [-0.39, 0.29) is 97.5 Å². The Morgan fingerprint density at radius 3 is 1.35 bits per heavy atom. The van der Waals surface area contributed by atoms with Crippen LogP contribution in [0.25, 0.3) is 74.3 Å². The van der Waals surface area contributed by atoms with Gasteiger partial charge in [0.2, 0.25) is 30.1 Å². The van der Waals surface area contributed by atoms with Gasteiger partial charge in [0.15, 0.2) is 23.3 Å². The van der Waals surface area contributed by atoms with Gasteiger partial charge in [-0.3, -0.25) is 18.6 Å². The third-order valence-electron chi connectivity index (χ3n) is 19.6. The Morgan fingerprint density at radius 1 is 0.531 bits per heavy atom. The molecule has 1 atom stereocenters. The molecule has 8 aromatic carbocycles. The number of aliphatic hydroxyl groups is 2. The number of nitrogens with one attached hydrogen (secondary N) is 3. The summed E-state index contributed by atoms with van der Waals surface area (Å²) >= 11 is 43.5. The second-order valence-electron chi connectivity index (χ2n) is 26.8. The van der Waals surface area contributed by atoms with E-state index in [9.17, 15) is 44.3 Å². The van der Waals surface area contributed by atoms with Gasteiger partial charge in [-0.1, -0.05) is 134 Å². The average Bonchev–Trinajstić information content (AvgIpc) is 1.53. The van der Waals surface area contributed by atoms with Crippen molar-refractivity contribution in [1.29, 1.82) is 0 Å². The van der Waals surface area contributed by atoms with Gasteiger partial charge in [0.05, 0.1) is 112 Å². The predicted molar refractivity (Wildman–Crippen MR) is 459 cm³/mol. The average molecular weight is 2010 g/mol. The number of aromatic amines is 1. The van der Waals surface area contributed by atoms with Gasteiger partial charge in [-0.15, -0.1) is 58.5 Å². The lowest BCUT2D eigenvalue weighted by molar-refractivity contribution is 0.0858. The lowest BCUT2D eigenvalue weighted by Gasteiger charge is -2.21. The van der Waals surface area contributed by atoms with Crippen LogP contribution in [0.3, 0.4) is 0 Å². The first-order valence-electron chi connectivity index (χ1n) is 33.7. The Labute approximate surface area is 710 Å². The number of halogens is 12. The highest BCUT2D eigenvalue weighted by Gasteiger charge is 2.57. The number of rotatable bonds is 21. The number of aromatic nitrogens is 8. The topological polar surface area (TPSA) is 283 Å². The van der Waals surface area contributed by atoms with Crippen molar-refractivity contribution in [3.8, 4) is 11.4 Å². The molecule has 3 aliphatic carbocycles. The number of H-pyrrole nitrogens is 1. The Morgan fingerprint density at radius 2 is 0.920 bits per heavy atom. The first-order valence-corrected chi connectivity index (χ1v) is 46.3. The SMILES string of the molecule is C=CCC1(S(=O)(=O)Nc2cc3scnc3c(F)c2Cc2ccc(Br)cc2Cl)CC1.C=CCC1(S(=O)(=O)n2c(=O)n(-c3ccc(Br)cc3Cl)c3c(F)c4ncsc4cc32)CC1.O=S(=O)(Nc1cc2scnc2c(F)c1Cc1ccc(Br)cc1Cl)C1(CC(O)CO)CC1.O=c1[nH]c2cc3scnc3c(F)c2n1-c1ccc(Br)cc1Cl. The summed E-state index contributed by atoms with van der Waals surface area (Å²) in [6.45, 7) is 6.80. The molecule has 17 rings (SSSR count). The van der Waals surface area contributed by atoms with Gasteiger partial charge >= 0.3 is 11.4 Å². The minimum absolute atomic E-state index is 0.0337. The first-order chi connectivity index (χ1) is 53.7. The van der Waals surface area contributed by atoms with Crippen molar-refractivity contribution in [2.45, 2.75) is 91.0 Å². The molecule has 0 radical (unpaired) electrons. The molecule has 6 heterocycles. The van der Waals surface area contributed by atoms with Crippen molar-refractivity contribution >= 4 is 260 Å². The summed E-state index contributed by atoms with van der Waals surface area (Å²) in [7, 11) is -11.8. The summed E-state index contributed by atoms with van der Waals surface area (Å²) < 4.78 is 151. The van der Waals surface area contributed by atoms with Crippen molar-refractivity contribution in [2.75, 3.05) is 16.1 Å². The number of aliphatic hydroxyl groups excluding tert-OH is 2. The van der Waals surface area contributed by atoms with Gasteiger partial charge in [0.25, 0.3) is 0 Å². The molecule has 3 fully saturated rings. The third-order valence-corrected chi connectivity index (χ3v) is 32.9. The lowest BCUT2D eigenvalue weighted by atomic mass is 10.0. The van der Waals surface area contributed by atoms with Crippen molar-refractivity contribution in [1.82, 2.24) is 38.0 Å². The van der Waals surface area contributed by atoms with Crippen molar-refractivity contribution in [3.63, 3.8) is 0 Å². The minimum atomic E-state index is -4.15. The molecule has 39 heteroatoms. The van der Waals surface area contributed by atoms with Crippen LogP contribution < -0.4 is 20.8 Å². The number of hydrogen-bond acceptors (Lipinski definition) is 18. The molecular weight excluding hydrogens is 1950 g/mol. The van der Waals surface area contributed by atoms with E-state index in [4.69, 9.17) is 51.5 Å². The number of hydrogen-bond donors (Lipinski definition) is 5. The fraction of sp³-hybridized carbons (Fsp3) is 0.216. The number of thiazole rings is 4. The number of nitrogens with zero attached hydrogens (tertiary/aromatic N) is 7. The Balaban J connectivity index is 0.000000126. The van der Waals surface area contributed by atoms with E-state index in [0.29, 0.717) is 106 Å². The molecule has 0 amide bonds. The van der Waals surface area contributed by atoms with Gasteiger partial charge < -0.3 is 15.2 Å². The molecule has 3 aliphatic rings. The molecule has 20 nitrogen and oxygen atoms in total. The molecule has 6 aromatic heterocycles. The summed E-state index contributed by atoms with van der Waals surface area (Å²) in [6, 6.07) is 26.8. The summed E-state index contributed by atoms with van der Waals surface area (Å²) in [5.41, 5.74) is 8.46. The maximum atomic E-state index is 15.6. The standard InChI is InChI=1S/C20H14BrClFN3O3S2.C20H19BrClFN2O4S2.C20H17BrClFN2O2S2.C14H6BrClFN3OS/c1-2-5-20(6-7-20)31(28,29)26-14-9-15-17(24-10-30-15)16(23)18(14)25(19(26)27)13-4-3-11(21)8-12(13)22;21-12-2-1-11(15(22)6-12)5-14-16(7-17-19(18(14)23)24-10-30-17)25-31(28,29)20(3-4-20)8-13(27)9-26;1-2-5-20(6-7-20)29(26,27)25-16-10-17-19(24-11-28-17)18(23)14(16)8-12-3-4-13(21)9-15(12)22;15-6-1-2-9(7(16)3-6)20-13-8(19-14(20)21)4-10-12(11(13)17)18-5-22-10/h2-4,8-10H,1,5-7H2;1-2,6-7,10,13,25-27H,3-5,8-9H2;2-4,9-11,25H,1,5-8H2;1-5H,(H,19,21). The van der Waals surface area contributed by atoms with Crippen LogP contribution in [-0.2, 0) is 42.9 Å². The zero-order valence-electron chi connectivity index (χ0n) is 57.9. The van der Waals surface area contributed by atoms with Crippen LogP contribution in [0.1, 0.15) is 80.0 Å². The Hall–Kier alpha value is -6.49. The van der Waals surface area contributed by atoms with Crippen LogP contribution in [-0.4, -0.2) is 100 Å². The largest absolute Gasteiger partial charge is 0.394 e. The maximum absolute atomic E-state index is 15.6. The second kappa shape index (κ2) is 32.4. The monoisotopic (exact) mass is 2000 g/mol. The molecule has 1 unspecified atom stereocenters. The maximum Gasteiger partial charge on any atom is 0.347 e. The van der Waals surface area contributed by atoms with Gasteiger partial charge in [0, 0.05) is 51.9 Å². The molecule has 0 bridgehead atoms. The van der Waals surface area contributed by atoms with Crippen LogP contribution in [0.2, 0.25) is 20.1 Å². The van der Waals surface area contributed by atoms with E-state index in [1.54, 1.807) is 96.0 Å². The minimum Gasteiger partial charge on any atom is -0.394 e. The molecular formula is C74H56Br4Cl4F4N10O10S7. The highest BCUT2D eigenvalue weighted by molar-refractivity contribution is 9.11. The van der Waals surface area contributed by atoms with E-state index < -0.39 is 91.7 Å². The molecule has 0 saturated heterocycles. The van der Waals surface area contributed by atoms with Crippen molar-refractivity contribution < 1.29 is 53.0 Å². The van der Waals surface area contributed by atoms with Crippen LogP contribution in [0, 0.1) is 23.3 Å². The highest BCUT2D eigenvalue weighted by atomic mass is 79.9. The quantitative estimate of drug-likeness (QED) is 0.0330. The summed E-state index contributed by atoms with van der Waals surface area (Å²) in [5, 5.41) is 20.3. The fourth-order valence-corrected chi connectivity index (χ4v) is 24.5. The number of benzene rings is 8. The van der Waals surface area contributed by atoms with E-state index in [1.807, 2.05) is 6.07 Å². The molecule has 0 aliphatic heterocycles. The fourth-order valence-electron chi connectivity index (χ4n) is 13.3. The summed E-state index contributed by atoms with van der Waals surface area (Å²) in [6.07, 6.45) is 5.35. The number of imidazole rings is 2. The summed E-state index contributed by atoms with van der Waals surface area (Å²) in [4.78, 5) is 44.8. The zero-order valence-corrected chi connectivity index (χ0v) is 72.9. The number of allylic oxidation sites excluding steroid dienone is 2. The van der Waals surface area contributed by atoms with E-state index in [2.05, 4.69) is 111 Å². The predicted octanol–water partition coefficient (Wildman–Crippen LogP) is 20.5. The normalized spacial score (nSPS) is 15.0. The summed E-state index contributed by atoms with van der Waals surface area (Å²) in [5.74, 6) is -2.44. The van der Waals surface area contributed by atoms with Gasteiger partial charge in [-0.05, 0) is 154 Å². The number of fused-ring (bicyclic) bond motifs is 6. The van der Waals surface area contributed by atoms with Gasteiger partial charge in [-0.2, -0.15) is 3.97 Å². The number of sulfonamides is 2. The lowest BCUT2D eigenvalue weighted by Crippen LogP contribution is -2.37. The molecule has 14 aromatic rings. The van der Waals surface area contributed by atoms with Crippen molar-refractivity contribution in [3.05, 3.63) is 249 Å². The zero-order chi connectivity index (χ0) is 80.8. The smallest absolute Gasteiger partial charge is 0.347 e. The molecule has 588 valence electrons. The van der Waals surface area contributed by atoms with Gasteiger partial charge in [-0.25, -0.2) is 72.3 Å². The second-order valence-corrected chi connectivity index (χ2v) is 42.0. The van der Waals surface area contributed by atoms with Crippen LogP contribution in [0.15, 0.2) is 172 Å². The van der Waals surface area contributed by atoms with Crippen LogP contribution in [0.5, 0.6) is 0 Å². The molecule has 113 heavy (non-hydrogen) atoms.